The molecule has 1 N–H and O–H groups in total. The van der Waals surface area contributed by atoms with E-state index in [1.165, 1.54) is 0 Å². The van der Waals surface area contributed by atoms with E-state index in [4.69, 9.17) is 0 Å². The third kappa shape index (κ3) is 7.27. The quantitative estimate of drug-likeness (QED) is 0.238. The van der Waals surface area contributed by atoms with E-state index >= 15 is 0 Å². The summed E-state index contributed by atoms with van der Waals surface area (Å²) in [4.78, 5) is 36.6. The number of carbonyl (C=O) groups excluding carboxylic acids is 2. The Labute approximate surface area is 267 Å². The van der Waals surface area contributed by atoms with Gasteiger partial charge >= 0.3 is 0 Å². The number of benzene rings is 4. The lowest BCUT2D eigenvalue weighted by atomic mass is 9.99. The number of likely N-dealkylation sites (N-methyl/N-ethyl adjacent to an activating group) is 1. The molecule has 2 amide bonds. The molecule has 232 valence electrons. The highest BCUT2D eigenvalue weighted by Crippen LogP contribution is 2.33. The van der Waals surface area contributed by atoms with Gasteiger partial charge in [-0.15, -0.1) is 0 Å². The van der Waals surface area contributed by atoms with Crippen molar-refractivity contribution in [1.29, 1.82) is 0 Å². The average molecular weight is 602 g/mol. The van der Waals surface area contributed by atoms with Gasteiger partial charge in [0.25, 0.3) is 11.8 Å². The molecule has 0 saturated carbocycles. The van der Waals surface area contributed by atoms with Gasteiger partial charge in [0.2, 0.25) is 0 Å². The van der Waals surface area contributed by atoms with Crippen LogP contribution in [-0.2, 0) is 0 Å². The molecule has 0 spiro atoms. The molecule has 6 rings (SSSR count). The minimum atomic E-state index is -0.182. The van der Waals surface area contributed by atoms with E-state index in [0.717, 1.165) is 87.7 Å². The van der Waals surface area contributed by atoms with Crippen molar-refractivity contribution >= 4 is 28.9 Å². The fourth-order valence-corrected chi connectivity index (χ4v) is 6.48. The number of rotatable bonds is 9. The van der Waals surface area contributed by atoms with Gasteiger partial charge in [0, 0.05) is 62.6 Å². The van der Waals surface area contributed by atoms with Crippen LogP contribution in [0.5, 0.6) is 0 Å². The first-order valence-corrected chi connectivity index (χ1v) is 16.3. The molecule has 0 aliphatic carbocycles. The topological polar surface area (TPSA) is 59.1 Å². The van der Waals surface area contributed by atoms with Gasteiger partial charge in [-0.2, -0.15) is 0 Å². The number of fused-ring (bicyclic) bond motifs is 1. The molecule has 4 aromatic carbocycles. The molecule has 0 atom stereocenters. The number of hydrogen-bond acceptors (Lipinski definition) is 5. The van der Waals surface area contributed by atoms with Crippen molar-refractivity contribution in [3.63, 3.8) is 0 Å². The lowest BCUT2D eigenvalue weighted by Gasteiger charge is -2.34. The van der Waals surface area contributed by atoms with Crippen LogP contribution in [0.3, 0.4) is 0 Å². The van der Waals surface area contributed by atoms with Crippen LogP contribution in [-0.4, -0.2) is 80.5 Å². The van der Waals surface area contributed by atoms with Crippen molar-refractivity contribution < 1.29 is 9.59 Å². The van der Waals surface area contributed by atoms with Crippen LogP contribution in [0.4, 0.5) is 17.1 Å². The van der Waals surface area contributed by atoms with Gasteiger partial charge in [-0.25, -0.2) is 0 Å². The Kier molecular flexibility index (Phi) is 9.88. The smallest absolute Gasteiger partial charge is 0.258 e. The molecule has 1 fully saturated rings. The van der Waals surface area contributed by atoms with Crippen LogP contribution in [0.1, 0.15) is 40.5 Å². The van der Waals surface area contributed by atoms with Gasteiger partial charge < -0.3 is 24.9 Å². The largest absolute Gasteiger partial charge is 0.370 e. The molecule has 7 heteroatoms. The van der Waals surface area contributed by atoms with E-state index < -0.39 is 0 Å². The molecule has 2 heterocycles. The number of carbonyl (C=O) groups is 2. The van der Waals surface area contributed by atoms with E-state index in [1.54, 1.807) is 0 Å². The molecule has 2 aliphatic heterocycles. The van der Waals surface area contributed by atoms with E-state index in [-0.39, 0.29) is 11.8 Å². The Balaban J connectivity index is 1.10. The molecule has 45 heavy (non-hydrogen) atoms. The Hall–Kier alpha value is -4.46. The minimum Gasteiger partial charge on any atom is -0.370 e. The zero-order chi connectivity index (χ0) is 31.0. The molecular weight excluding hydrogens is 558 g/mol. The number of anilines is 3. The molecule has 2 aliphatic rings. The molecule has 4 aromatic rings. The minimum absolute atomic E-state index is 0.0228. The monoisotopic (exact) mass is 601 g/mol. The van der Waals surface area contributed by atoms with Crippen LogP contribution in [0.15, 0.2) is 103 Å². The molecule has 7 nitrogen and oxygen atoms in total. The van der Waals surface area contributed by atoms with Crippen LogP contribution in [0.25, 0.3) is 11.1 Å². The first-order valence-electron chi connectivity index (χ1n) is 16.3. The summed E-state index contributed by atoms with van der Waals surface area (Å²) in [7, 11) is 0. The Bertz CT molecular complexity index is 1580. The second-order valence-electron chi connectivity index (χ2n) is 11.9. The Morgan fingerprint density at radius 3 is 2.09 bits per heavy atom. The van der Waals surface area contributed by atoms with Crippen LogP contribution >= 0.6 is 0 Å². The molecule has 0 radical (unpaired) electrons. The number of nitrogens with one attached hydrogen (secondary N) is 1. The van der Waals surface area contributed by atoms with Gasteiger partial charge in [0.15, 0.2) is 0 Å². The summed E-state index contributed by atoms with van der Waals surface area (Å²) >= 11 is 0. The molecule has 0 bridgehead atoms. The number of para-hydroxylation sites is 2. The summed E-state index contributed by atoms with van der Waals surface area (Å²) < 4.78 is 0. The van der Waals surface area contributed by atoms with E-state index in [9.17, 15) is 9.59 Å². The van der Waals surface area contributed by atoms with Crippen molar-refractivity contribution in [2.24, 2.45) is 0 Å². The third-order valence-electron chi connectivity index (χ3n) is 9.03. The van der Waals surface area contributed by atoms with Crippen molar-refractivity contribution in [2.45, 2.75) is 19.8 Å². The zero-order valence-electron chi connectivity index (χ0n) is 26.2. The van der Waals surface area contributed by atoms with E-state index in [0.29, 0.717) is 23.4 Å². The van der Waals surface area contributed by atoms with Gasteiger partial charge in [0.05, 0.1) is 11.4 Å². The summed E-state index contributed by atoms with van der Waals surface area (Å²) in [6, 6.07) is 33.1. The standard InChI is InChI=1S/C38H43N5O2/c1-2-40-26-28-41(29-27-40)22-10-23-42-24-11-25-43(36-17-9-8-16-35(36)42)38(45)31-18-20-32(21-19-31)39-37(44)34-15-7-6-14-33(34)30-12-4-3-5-13-30/h3-9,12-21H,2,10-11,22-29H2,1H3,(H,39,44). The second-order valence-corrected chi connectivity index (χ2v) is 11.9. The van der Waals surface area contributed by atoms with Gasteiger partial charge in [-0.05, 0) is 79.5 Å². The normalized spacial score (nSPS) is 15.8. The summed E-state index contributed by atoms with van der Waals surface area (Å²) in [5.41, 5.74) is 5.82. The highest BCUT2D eigenvalue weighted by Gasteiger charge is 2.26. The van der Waals surface area contributed by atoms with E-state index in [2.05, 4.69) is 45.1 Å². The van der Waals surface area contributed by atoms with Crippen LogP contribution < -0.4 is 15.1 Å². The summed E-state index contributed by atoms with van der Waals surface area (Å²) in [6.07, 6.45) is 2.02. The highest BCUT2D eigenvalue weighted by atomic mass is 16.2. The summed E-state index contributed by atoms with van der Waals surface area (Å²) in [5, 5.41) is 3.02. The summed E-state index contributed by atoms with van der Waals surface area (Å²) in [5.74, 6) is -0.205. The summed E-state index contributed by atoms with van der Waals surface area (Å²) in [6.45, 7) is 11.7. The van der Waals surface area contributed by atoms with Crippen molar-refractivity contribution in [3.05, 3.63) is 114 Å². The lowest BCUT2D eigenvalue weighted by Crippen LogP contribution is -2.46. The van der Waals surface area contributed by atoms with E-state index in [1.807, 2.05) is 89.8 Å². The molecule has 1 saturated heterocycles. The SMILES string of the molecule is CCN1CCN(CCCN2CCCN(C(=O)c3ccc(NC(=O)c4ccccc4-c4ccccc4)cc3)c3ccccc32)CC1. The van der Waals surface area contributed by atoms with Crippen molar-refractivity contribution in [1.82, 2.24) is 9.80 Å². The predicted octanol–water partition coefficient (Wildman–Crippen LogP) is 6.49. The maximum Gasteiger partial charge on any atom is 0.258 e. The van der Waals surface area contributed by atoms with Gasteiger partial charge in [0.1, 0.15) is 0 Å². The number of hydrogen-bond donors (Lipinski definition) is 1. The Morgan fingerprint density at radius 2 is 1.33 bits per heavy atom. The Morgan fingerprint density at radius 1 is 0.667 bits per heavy atom. The maximum absolute atomic E-state index is 13.9. The molecule has 0 aromatic heterocycles. The van der Waals surface area contributed by atoms with Crippen molar-refractivity contribution in [2.75, 3.05) is 74.0 Å². The fraction of sp³-hybridized carbons (Fsp3) is 0.316. The number of piperazine rings is 1. The number of amides is 2. The van der Waals surface area contributed by atoms with Gasteiger partial charge in [-0.3, -0.25) is 9.59 Å². The molecule has 0 unspecified atom stereocenters. The third-order valence-corrected chi connectivity index (χ3v) is 9.03. The van der Waals surface area contributed by atoms with Crippen molar-refractivity contribution in [3.8, 4) is 11.1 Å². The fourth-order valence-electron chi connectivity index (χ4n) is 6.48. The highest BCUT2D eigenvalue weighted by molar-refractivity contribution is 6.10. The first kappa shape index (κ1) is 30.6. The van der Waals surface area contributed by atoms with Gasteiger partial charge in [-0.1, -0.05) is 67.6 Å². The molecular formula is C38H43N5O2. The van der Waals surface area contributed by atoms with Crippen LogP contribution in [0, 0.1) is 0 Å². The average Bonchev–Trinajstić information content (AvgIpc) is 3.28. The second kappa shape index (κ2) is 14.5. The first-order chi connectivity index (χ1) is 22.1. The predicted molar refractivity (Wildman–Crippen MR) is 184 cm³/mol. The zero-order valence-corrected chi connectivity index (χ0v) is 26.2. The maximum atomic E-state index is 13.9. The lowest BCUT2D eigenvalue weighted by molar-refractivity contribution is 0.0986. The van der Waals surface area contributed by atoms with Crippen LogP contribution in [0.2, 0.25) is 0 Å². The number of nitrogens with zero attached hydrogens (tertiary/aromatic N) is 4.